The van der Waals surface area contributed by atoms with Gasteiger partial charge in [0.15, 0.2) is 5.78 Å². The molecule has 0 aliphatic heterocycles. The molecule has 0 aromatic carbocycles. The molecule has 0 radical (unpaired) electrons. The van der Waals surface area contributed by atoms with Gasteiger partial charge >= 0.3 is 0 Å². The minimum absolute atomic E-state index is 0.0672. The number of Topliss-reactive ketones (excluding diaryl/α,β-unsaturated/α-hetero) is 1. The lowest BCUT2D eigenvalue weighted by molar-refractivity contribution is 0.0998. The molecule has 1 unspecified atom stereocenters. The van der Waals surface area contributed by atoms with E-state index in [1.54, 1.807) is 30.7 Å². The Morgan fingerprint density at radius 2 is 2.29 bits per heavy atom. The molecule has 1 atom stereocenters. The van der Waals surface area contributed by atoms with Gasteiger partial charge < -0.3 is 0 Å². The fourth-order valence-corrected chi connectivity index (χ4v) is 3.21. The minimum atomic E-state index is -0.193. The van der Waals surface area contributed by atoms with Crippen molar-refractivity contribution in [2.24, 2.45) is 0 Å². The first-order chi connectivity index (χ1) is 8.16. The molecule has 0 aliphatic carbocycles. The highest BCUT2D eigenvalue weighted by Gasteiger charge is 2.18. The third kappa shape index (κ3) is 3.28. The predicted octanol–water partition coefficient (Wildman–Crippen LogP) is 3.56. The van der Waals surface area contributed by atoms with Crippen LogP contribution in [0.4, 0.5) is 0 Å². The third-order valence-corrected chi connectivity index (χ3v) is 4.29. The summed E-state index contributed by atoms with van der Waals surface area (Å²) in [4.78, 5) is 20.8. The second-order valence-corrected chi connectivity index (χ2v) is 6.35. The van der Waals surface area contributed by atoms with Gasteiger partial charge in [0.05, 0.1) is 20.7 Å². The van der Waals surface area contributed by atoms with Crippen molar-refractivity contribution in [1.29, 1.82) is 0 Å². The second kappa shape index (κ2) is 5.62. The number of rotatable bonds is 4. The number of hydrogen-bond acceptors (Lipinski definition) is 5. The standard InChI is InChI=1S/C11H9ClN2OS2/c1-7(16-10-6-13-4-5-14-10)11(15)8-2-3-9(12)17-8/h2-7H,1H3. The molecule has 2 rings (SSSR count). The van der Waals surface area contributed by atoms with E-state index in [1.165, 1.54) is 23.1 Å². The molecule has 0 saturated carbocycles. The zero-order valence-electron chi connectivity index (χ0n) is 8.96. The van der Waals surface area contributed by atoms with Gasteiger partial charge in [-0.3, -0.25) is 9.78 Å². The summed E-state index contributed by atoms with van der Waals surface area (Å²) in [5.41, 5.74) is 0. The van der Waals surface area contributed by atoms with E-state index >= 15 is 0 Å². The molecule has 88 valence electrons. The maximum absolute atomic E-state index is 12.0. The van der Waals surface area contributed by atoms with Crippen molar-refractivity contribution in [2.75, 3.05) is 0 Å². The van der Waals surface area contributed by atoms with Gasteiger partial charge in [-0.05, 0) is 19.1 Å². The number of thiophene rings is 1. The maximum Gasteiger partial charge on any atom is 0.185 e. The van der Waals surface area contributed by atoms with Crippen molar-refractivity contribution < 1.29 is 4.79 Å². The Hall–Kier alpha value is -0.910. The van der Waals surface area contributed by atoms with Crippen LogP contribution in [-0.4, -0.2) is 21.0 Å². The molecule has 2 heterocycles. The molecule has 6 heteroatoms. The largest absolute Gasteiger partial charge is 0.292 e. The third-order valence-electron chi connectivity index (χ3n) is 2.02. The summed E-state index contributed by atoms with van der Waals surface area (Å²) in [5, 5.41) is 0.553. The molecule has 3 nitrogen and oxygen atoms in total. The normalized spacial score (nSPS) is 12.4. The van der Waals surface area contributed by atoms with Crippen molar-refractivity contribution in [3.63, 3.8) is 0 Å². The van der Waals surface area contributed by atoms with Crippen LogP contribution < -0.4 is 0 Å². The Morgan fingerprint density at radius 1 is 1.47 bits per heavy atom. The Balaban J connectivity index is 2.06. The van der Waals surface area contributed by atoms with Crippen LogP contribution in [0.5, 0.6) is 0 Å². The molecule has 0 spiro atoms. The highest BCUT2D eigenvalue weighted by molar-refractivity contribution is 8.00. The van der Waals surface area contributed by atoms with Gasteiger partial charge in [0.25, 0.3) is 0 Å². The number of carbonyl (C=O) groups is 1. The quantitative estimate of drug-likeness (QED) is 0.636. The lowest BCUT2D eigenvalue weighted by Gasteiger charge is -2.07. The summed E-state index contributed by atoms with van der Waals surface area (Å²) in [7, 11) is 0. The molecule has 0 N–H and O–H groups in total. The summed E-state index contributed by atoms with van der Waals surface area (Å²) in [6.45, 7) is 1.86. The van der Waals surface area contributed by atoms with Gasteiger partial charge in [0.2, 0.25) is 0 Å². The summed E-state index contributed by atoms with van der Waals surface area (Å²) < 4.78 is 0.630. The summed E-state index contributed by atoms with van der Waals surface area (Å²) in [6.07, 6.45) is 4.87. The lowest BCUT2D eigenvalue weighted by Crippen LogP contribution is -2.12. The van der Waals surface area contributed by atoms with Crippen LogP contribution in [0.15, 0.2) is 35.7 Å². The molecule has 0 fully saturated rings. The number of carbonyl (C=O) groups excluding carboxylic acids is 1. The molecule has 2 aromatic rings. The fraction of sp³-hybridized carbons (Fsp3) is 0.182. The zero-order valence-corrected chi connectivity index (χ0v) is 11.4. The minimum Gasteiger partial charge on any atom is -0.292 e. The first-order valence-corrected chi connectivity index (χ1v) is 6.96. The first-order valence-electron chi connectivity index (χ1n) is 4.89. The Kier molecular flexibility index (Phi) is 4.15. The van der Waals surface area contributed by atoms with E-state index < -0.39 is 0 Å². The van der Waals surface area contributed by atoms with Crippen LogP contribution in [0.2, 0.25) is 4.34 Å². The fourth-order valence-electron chi connectivity index (χ4n) is 1.23. The topological polar surface area (TPSA) is 42.9 Å². The Labute approximate surface area is 112 Å². The molecule has 0 bridgehead atoms. The number of hydrogen-bond donors (Lipinski definition) is 0. The van der Waals surface area contributed by atoms with Gasteiger partial charge in [-0.2, -0.15) is 0 Å². The molecule has 0 amide bonds. The van der Waals surface area contributed by atoms with Crippen LogP contribution in [0.3, 0.4) is 0 Å². The van der Waals surface area contributed by atoms with Gasteiger partial charge in [0.1, 0.15) is 5.03 Å². The van der Waals surface area contributed by atoms with E-state index in [0.29, 0.717) is 9.21 Å². The van der Waals surface area contributed by atoms with E-state index in [1.807, 2.05) is 6.92 Å². The van der Waals surface area contributed by atoms with Crippen molar-refractivity contribution in [2.45, 2.75) is 17.2 Å². The molecule has 0 aliphatic rings. The number of thioether (sulfide) groups is 1. The summed E-state index contributed by atoms with van der Waals surface area (Å²) in [5.74, 6) is 0.0672. The number of aromatic nitrogens is 2. The van der Waals surface area contributed by atoms with E-state index in [-0.39, 0.29) is 11.0 Å². The summed E-state index contributed by atoms with van der Waals surface area (Å²) >= 11 is 8.50. The smallest absolute Gasteiger partial charge is 0.185 e. The molecular weight excluding hydrogens is 276 g/mol. The zero-order chi connectivity index (χ0) is 12.3. The Bertz CT molecular complexity index is 515. The molecular formula is C11H9ClN2OS2. The van der Waals surface area contributed by atoms with E-state index in [9.17, 15) is 4.79 Å². The molecule has 17 heavy (non-hydrogen) atoms. The van der Waals surface area contributed by atoms with Crippen LogP contribution in [-0.2, 0) is 0 Å². The second-order valence-electron chi connectivity index (χ2n) is 3.27. The lowest BCUT2D eigenvalue weighted by atomic mass is 10.2. The van der Waals surface area contributed by atoms with Gasteiger partial charge in [-0.25, -0.2) is 4.98 Å². The van der Waals surface area contributed by atoms with Gasteiger partial charge in [-0.1, -0.05) is 23.4 Å². The van der Waals surface area contributed by atoms with Crippen LogP contribution in [0.1, 0.15) is 16.6 Å². The summed E-state index contributed by atoms with van der Waals surface area (Å²) in [6, 6.07) is 3.49. The van der Waals surface area contributed by atoms with Crippen molar-refractivity contribution in [3.05, 3.63) is 39.9 Å². The van der Waals surface area contributed by atoms with E-state index in [4.69, 9.17) is 11.6 Å². The molecule has 0 saturated heterocycles. The number of ketones is 1. The van der Waals surface area contributed by atoms with Gasteiger partial charge in [-0.15, -0.1) is 11.3 Å². The highest BCUT2D eigenvalue weighted by Crippen LogP contribution is 2.27. The van der Waals surface area contributed by atoms with E-state index in [0.717, 1.165) is 5.03 Å². The average molecular weight is 285 g/mol. The monoisotopic (exact) mass is 284 g/mol. The van der Waals surface area contributed by atoms with Crippen molar-refractivity contribution in [3.8, 4) is 0 Å². The predicted molar refractivity (Wildman–Crippen MR) is 71.0 cm³/mol. The molecule has 2 aromatic heterocycles. The number of halogens is 1. The van der Waals surface area contributed by atoms with Crippen LogP contribution in [0.25, 0.3) is 0 Å². The van der Waals surface area contributed by atoms with Gasteiger partial charge in [0, 0.05) is 12.4 Å². The SMILES string of the molecule is CC(Sc1cnccn1)C(=O)c1ccc(Cl)s1. The van der Waals surface area contributed by atoms with Crippen LogP contribution >= 0.6 is 34.7 Å². The average Bonchev–Trinajstić information content (AvgIpc) is 2.76. The Morgan fingerprint density at radius 3 is 2.88 bits per heavy atom. The highest BCUT2D eigenvalue weighted by atomic mass is 35.5. The van der Waals surface area contributed by atoms with Crippen molar-refractivity contribution in [1.82, 2.24) is 9.97 Å². The maximum atomic E-state index is 12.0. The van der Waals surface area contributed by atoms with Crippen molar-refractivity contribution >= 4 is 40.5 Å². The first kappa shape index (κ1) is 12.5. The van der Waals surface area contributed by atoms with E-state index in [2.05, 4.69) is 9.97 Å². The van der Waals surface area contributed by atoms with Crippen LogP contribution in [0, 0.1) is 0 Å². The number of nitrogens with zero attached hydrogens (tertiary/aromatic N) is 2.